The number of anilines is 1. The zero-order valence-corrected chi connectivity index (χ0v) is 17.8. The van der Waals surface area contributed by atoms with Gasteiger partial charge in [-0.2, -0.15) is 14.9 Å². The minimum atomic E-state index is 0.212. The van der Waals surface area contributed by atoms with Crippen molar-refractivity contribution in [3.63, 3.8) is 0 Å². The summed E-state index contributed by atoms with van der Waals surface area (Å²) in [5.41, 5.74) is 6.81. The van der Waals surface area contributed by atoms with Gasteiger partial charge in [-0.1, -0.05) is 23.9 Å². The van der Waals surface area contributed by atoms with Gasteiger partial charge in [0.15, 0.2) is 0 Å². The molecule has 0 radical (unpaired) electrons. The first kappa shape index (κ1) is 18.4. The molecule has 1 unspecified atom stereocenters. The molecule has 3 heterocycles. The fourth-order valence-electron chi connectivity index (χ4n) is 4.21. The van der Waals surface area contributed by atoms with Gasteiger partial charge in [-0.25, -0.2) is 0 Å². The van der Waals surface area contributed by atoms with E-state index in [9.17, 15) is 0 Å². The van der Waals surface area contributed by atoms with Crippen LogP contribution in [0.5, 0.6) is 0 Å². The lowest BCUT2D eigenvalue weighted by atomic mass is 10.1. The van der Waals surface area contributed by atoms with Crippen molar-refractivity contribution in [3.8, 4) is 11.5 Å². The Hall–Kier alpha value is -2.61. The van der Waals surface area contributed by atoms with Crippen LogP contribution >= 0.6 is 11.8 Å². The molecule has 0 saturated heterocycles. The third kappa shape index (κ3) is 3.06. The number of aromatic nitrogens is 5. The molecule has 5 rings (SSSR count). The molecule has 0 fully saturated rings. The van der Waals surface area contributed by atoms with Crippen molar-refractivity contribution in [2.24, 2.45) is 5.10 Å². The maximum Gasteiger partial charge on any atom is 0.213 e. The van der Waals surface area contributed by atoms with Gasteiger partial charge >= 0.3 is 0 Å². The second-order valence-corrected chi connectivity index (χ2v) is 8.77. The molecule has 1 aliphatic carbocycles. The van der Waals surface area contributed by atoms with E-state index in [2.05, 4.69) is 70.3 Å². The lowest BCUT2D eigenvalue weighted by Gasteiger charge is -2.23. The molecule has 29 heavy (non-hydrogen) atoms. The van der Waals surface area contributed by atoms with Gasteiger partial charge in [0.05, 0.1) is 11.0 Å². The fourth-order valence-corrected chi connectivity index (χ4v) is 5.13. The first-order valence-corrected chi connectivity index (χ1v) is 11.2. The van der Waals surface area contributed by atoms with Gasteiger partial charge in [0.25, 0.3) is 0 Å². The van der Waals surface area contributed by atoms with Crippen LogP contribution in [0.2, 0.25) is 0 Å². The third-order valence-corrected chi connectivity index (χ3v) is 6.84. The maximum absolute atomic E-state index is 4.97. The Labute approximate surface area is 174 Å². The minimum absolute atomic E-state index is 0.212. The lowest BCUT2D eigenvalue weighted by molar-refractivity contribution is 0.750. The van der Waals surface area contributed by atoms with E-state index in [-0.39, 0.29) is 5.25 Å². The van der Waals surface area contributed by atoms with Crippen LogP contribution in [-0.2, 0) is 12.8 Å². The van der Waals surface area contributed by atoms with E-state index >= 15 is 0 Å². The van der Waals surface area contributed by atoms with E-state index in [4.69, 9.17) is 5.10 Å². The van der Waals surface area contributed by atoms with Crippen LogP contribution in [0.15, 0.2) is 34.5 Å². The number of hydrogen-bond acceptors (Lipinski definition) is 6. The quantitative estimate of drug-likeness (QED) is 0.697. The Morgan fingerprint density at radius 3 is 2.69 bits per heavy atom. The van der Waals surface area contributed by atoms with Crippen molar-refractivity contribution >= 4 is 23.2 Å². The normalized spacial score (nSPS) is 17.8. The standard InChI is InChI=1S/C21H25N7S/c1-4-27(5-2)15-11-9-14(10-12-15)18-13(3)29-21-25-24-20(28(21)26-18)19-16-7-6-8-17(16)22-23-19/h9-13H,4-8H2,1-3H3,(H,22,23). The van der Waals surface area contributed by atoms with Crippen LogP contribution in [0.3, 0.4) is 0 Å². The van der Waals surface area contributed by atoms with E-state index < -0.39 is 0 Å². The summed E-state index contributed by atoms with van der Waals surface area (Å²) in [4.78, 5) is 2.35. The van der Waals surface area contributed by atoms with Crippen LogP contribution in [0, 0.1) is 0 Å². The van der Waals surface area contributed by atoms with Crippen molar-refractivity contribution in [1.82, 2.24) is 25.1 Å². The Morgan fingerprint density at radius 2 is 1.93 bits per heavy atom. The molecule has 0 spiro atoms. The summed E-state index contributed by atoms with van der Waals surface area (Å²) in [5, 5.41) is 22.5. The average molecular weight is 408 g/mol. The number of nitrogens with zero attached hydrogens (tertiary/aromatic N) is 6. The molecular weight excluding hydrogens is 382 g/mol. The van der Waals surface area contributed by atoms with Gasteiger partial charge in [0.1, 0.15) is 5.69 Å². The van der Waals surface area contributed by atoms with E-state index in [1.165, 1.54) is 16.9 Å². The van der Waals surface area contributed by atoms with Crippen molar-refractivity contribution in [1.29, 1.82) is 0 Å². The van der Waals surface area contributed by atoms with Crippen molar-refractivity contribution in [2.75, 3.05) is 18.0 Å². The number of aryl methyl sites for hydroxylation is 1. The molecule has 1 aromatic carbocycles. The molecule has 0 bridgehead atoms. The summed E-state index contributed by atoms with van der Waals surface area (Å²) in [7, 11) is 0. The van der Waals surface area contributed by atoms with Crippen molar-refractivity contribution in [2.45, 2.75) is 50.4 Å². The monoisotopic (exact) mass is 407 g/mol. The summed E-state index contributed by atoms with van der Waals surface area (Å²) in [5.74, 6) is 0.732. The predicted molar refractivity (Wildman–Crippen MR) is 117 cm³/mol. The third-order valence-electron chi connectivity index (χ3n) is 5.80. The number of thioether (sulfide) groups is 1. The summed E-state index contributed by atoms with van der Waals surface area (Å²) in [6.07, 6.45) is 3.26. The summed E-state index contributed by atoms with van der Waals surface area (Å²) >= 11 is 1.70. The fraction of sp³-hybridized carbons (Fsp3) is 0.429. The molecule has 7 nitrogen and oxygen atoms in total. The predicted octanol–water partition coefficient (Wildman–Crippen LogP) is 3.75. The number of aromatic amines is 1. The number of hydrogen-bond donors (Lipinski definition) is 1. The van der Waals surface area contributed by atoms with Gasteiger partial charge in [-0.15, -0.1) is 10.2 Å². The molecule has 2 aromatic heterocycles. The average Bonchev–Trinajstić information content (AvgIpc) is 3.44. The maximum atomic E-state index is 4.97. The Morgan fingerprint density at radius 1 is 1.14 bits per heavy atom. The topological polar surface area (TPSA) is 75.0 Å². The zero-order chi connectivity index (χ0) is 20.0. The van der Waals surface area contributed by atoms with Gasteiger partial charge in [-0.05, 0) is 57.7 Å². The van der Waals surface area contributed by atoms with Gasteiger partial charge in [-0.3, -0.25) is 5.10 Å². The van der Waals surface area contributed by atoms with Gasteiger partial charge < -0.3 is 4.90 Å². The van der Waals surface area contributed by atoms with Crippen LogP contribution in [-0.4, -0.2) is 49.1 Å². The SMILES string of the molecule is CCN(CC)c1ccc(C2=Nn3c(nnc3-c3n[nH]c4c3CCC4)SC2C)cc1. The second kappa shape index (κ2) is 7.33. The Bertz CT molecular complexity index is 1060. The molecule has 0 saturated carbocycles. The molecule has 1 N–H and O–H groups in total. The van der Waals surface area contributed by atoms with Crippen LogP contribution in [0.25, 0.3) is 11.5 Å². The molecule has 3 aromatic rings. The van der Waals surface area contributed by atoms with E-state index in [1.807, 2.05) is 4.68 Å². The van der Waals surface area contributed by atoms with E-state index in [1.54, 1.807) is 11.8 Å². The summed E-state index contributed by atoms with van der Waals surface area (Å²) in [6, 6.07) is 8.71. The number of rotatable bonds is 5. The van der Waals surface area contributed by atoms with E-state index in [0.29, 0.717) is 0 Å². The smallest absolute Gasteiger partial charge is 0.213 e. The van der Waals surface area contributed by atoms with Crippen LogP contribution in [0.4, 0.5) is 5.69 Å². The number of nitrogens with one attached hydrogen (secondary N) is 1. The molecule has 1 aliphatic heterocycles. The molecule has 2 aliphatic rings. The highest BCUT2D eigenvalue weighted by Crippen LogP contribution is 2.35. The summed E-state index contributed by atoms with van der Waals surface area (Å²) in [6.45, 7) is 8.55. The highest BCUT2D eigenvalue weighted by atomic mass is 32.2. The van der Waals surface area contributed by atoms with Crippen LogP contribution in [0.1, 0.15) is 44.0 Å². The lowest BCUT2D eigenvalue weighted by Crippen LogP contribution is -2.23. The van der Waals surface area contributed by atoms with Gasteiger partial charge in [0, 0.05) is 30.0 Å². The first-order chi connectivity index (χ1) is 14.2. The van der Waals surface area contributed by atoms with Gasteiger partial charge in [0.2, 0.25) is 11.0 Å². The molecule has 1 atom stereocenters. The largest absolute Gasteiger partial charge is 0.372 e. The Balaban J connectivity index is 1.53. The summed E-state index contributed by atoms with van der Waals surface area (Å²) < 4.78 is 1.87. The molecule has 8 heteroatoms. The second-order valence-electron chi connectivity index (χ2n) is 7.47. The highest BCUT2D eigenvalue weighted by molar-refractivity contribution is 8.00. The molecule has 0 amide bonds. The number of benzene rings is 1. The molecule has 150 valence electrons. The van der Waals surface area contributed by atoms with E-state index in [0.717, 1.165) is 60.3 Å². The van der Waals surface area contributed by atoms with Crippen LogP contribution < -0.4 is 4.90 Å². The zero-order valence-electron chi connectivity index (χ0n) is 17.0. The highest BCUT2D eigenvalue weighted by Gasteiger charge is 2.29. The van der Waals surface area contributed by atoms with Crippen molar-refractivity contribution in [3.05, 3.63) is 41.1 Å². The number of fused-ring (bicyclic) bond motifs is 2. The molecular formula is C21H25N7S. The Kier molecular flexibility index (Phi) is 4.66. The van der Waals surface area contributed by atoms with Crippen molar-refractivity contribution < 1.29 is 0 Å². The first-order valence-electron chi connectivity index (χ1n) is 10.3. The minimum Gasteiger partial charge on any atom is -0.372 e. The number of H-pyrrole nitrogens is 1.